The van der Waals surface area contributed by atoms with Crippen LogP contribution in [0.4, 0.5) is 5.69 Å². The van der Waals surface area contributed by atoms with Crippen molar-refractivity contribution < 1.29 is 9.53 Å². The van der Waals surface area contributed by atoms with Crippen molar-refractivity contribution in [1.29, 1.82) is 5.41 Å². The van der Waals surface area contributed by atoms with Crippen LogP contribution in [0.2, 0.25) is 0 Å². The molecule has 0 aromatic heterocycles. The third-order valence-electron chi connectivity index (χ3n) is 6.65. The van der Waals surface area contributed by atoms with E-state index in [0.717, 1.165) is 37.5 Å². The number of nitrogens with one attached hydrogen (secondary N) is 3. The van der Waals surface area contributed by atoms with Gasteiger partial charge < -0.3 is 21.1 Å². The summed E-state index contributed by atoms with van der Waals surface area (Å²) in [6, 6.07) is 8.60. The molecule has 0 spiro atoms. The van der Waals surface area contributed by atoms with Gasteiger partial charge in [-0.15, -0.1) is 0 Å². The maximum atomic E-state index is 11.5. The number of amides is 1. The molecule has 1 heterocycles. The predicted molar refractivity (Wildman–Crippen MR) is 115 cm³/mol. The van der Waals surface area contributed by atoms with Gasteiger partial charge >= 0.3 is 0 Å². The van der Waals surface area contributed by atoms with Crippen LogP contribution in [-0.2, 0) is 14.9 Å². The van der Waals surface area contributed by atoms with Crippen LogP contribution in [0.25, 0.3) is 0 Å². The number of carbonyl (C=O) groups is 1. The number of rotatable bonds is 6. The van der Waals surface area contributed by atoms with Crippen LogP contribution in [0.5, 0.6) is 0 Å². The number of ether oxygens (including phenoxy) is 1. The minimum atomic E-state index is -0.584. The van der Waals surface area contributed by atoms with E-state index in [-0.39, 0.29) is 22.1 Å². The molecule has 2 atom stereocenters. The first-order valence-corrected chi connectivity index (χ1v) is 9.98. The summed E-state index contributed by atoms with van der Waals surface area (Å²) < 4.78 is 5.53. The van der Waals surface area contributed by atoms with E-state index in [0.29, 0.717) is 5.57 Å². The lowest BCUT2D eigenvalue weighted by Crippen LogP contribution is -2.40. The molecule has 5 N–H and O–H groups in total. The van der Waals surface area contributed by atoms with Crippen molar-refractivity contribution in [2.45, 2.75) is 25.2 Å². The Morgan fingerprint density at radius 3 is 2.79 bits per heavy atom. The number of methoxy groups -OCH3 is 1. The van der Waals surface area contributed by atoms with E-state index < -0.39 is 5.91 Å². The van der Waals surface area contributed by atoms with E-state index in [4.69, 9.17) is 15.9 Å². The van der Waals surface area contributed by atoms with Crippen LogP contribution in [0, 0.1) is 10.8 Å². The van der Waals surface area contributed by atoms with Gasteiger partial charge in [0.1, 0.15) is 0 Å². The maximum absolute atomic E-state index is 11.5. The summed E-state index contributed by atoms with van der Waals surface area (Å²) in [4.78, 5) is 11.5. The van der Waals surface area contributed by atoms with Crippen molar-refractivity contribution >= 4 is 17.3 Å². The number of allylic oxidation sites excluding steroid dienone is 5. The van der Waals surface area contributed by atoms with E-state index in [2.05, 4.69) is 34.9 Å². The molecule has 1 saturated carbocycles. The van der Waals surface area contributed by atoms with Gasteiger partial charge in [-0.2, -0.15) is 0 Å². The average Bonchev–Trinajstić information content (AvgIpc) is 3.38. The zero-order valence-electron chi connectivity index (χ0n) is 17.0. The summed E-state index contributed by atoms with van der Waals surface area (Å²) in [5, 5.41) is 15.1. The lowest BCUT2D eigenvalue weighted by Gasteiger charge is -2.31. The Labute approximate surface area is 171 Å². The van der Waals surface area contributed by atoms with Gasteiger partial charge in [0.05, 0.1) is 17.9 Å². The highest BCUT2D eigenvalue weighted by Crippen LogP contribution is 2.67. The van der Waals surface area contributed by atoms with Crippen molar-refractivity contribution in [1.82, 2.24) is 5.32 Å². The second kappa shape index (κ2) is 7.28. The summed E-state index contributed by atoms with van der Waals surface area (Å²) in [6.45, 7) is 4.74. The summed E-state index contributed by atoms with van der Waals surface area (Å²) in [5.74, 6) is -0.584. The Balaban J connectivity index is 1.52. The smallest absolute Gasteiger partial charge is 0.250 e. The van der Waals surface area contributed by atoms with Gasteiger partial charge in [-0.3, -0.25) is 10.2 Å². The minimum absolute atomic E-state index is 0.151. The van der Waals surface area contributed by atoms with E-state index in [1.165, 1.54) is 12.0 Å². The molecular weight excluding hydrogens is 364 g/mol. The molecule has 2 fully saturated rings. The van der Waals surface area contributed by atoms with Gasteiger partial charge in [0.15, 0.2) is 0 Å². The third kappa shape index (κ3) is 3.22. The number of benzene rings is 1. The monoisotopic (exact) mass is 392 g/mol. The third-order valence-corrected chi connectivity index (χ3v) is 6.65. The number of hydrogen-bond acceptors (Lipinski definition) is 5. The van der Waals surface area contributed by atoms with Crippen LogP contribution in [0.3, 0.4) is 0 Å². The average molecular weight is 393 g/mol. The number of hydrogen-bond donors (Lipinski definition) is 4. The number of carbonyl (C=O) groups excluding carboxylic acids is 1. The Morgan fingerprint density at radius 1 is 1.34 bits per heavy atom. The second-order valence-electron chi connectivity index (χ2n) is 8.32. The molecule has 1 aromatic carbocycles. The molecule has 6 nitrogen and oxygen atoms in total. The fourth-order valence-electron chi connectivity index (χ4n) is 5.04. The van der Waals surface area contributed by atoms with E-state index in [1.807, 2.05) is 13.0 Å². The molecule has 1 aliphatic heterocycles. The standard InChI is InChI=1S/C23H28N4O2/c1-15(18-4-3-5-19(20(18)24)21(25)28)27-17-8-6-16(7-9-17)23-10-11-26-13-22(23,12-23)14-29-2/h3-9,24,26-27H,10-14H2,1-2H3,(H2,25,28)/b18-15-,24-20?. The molecule has 2 unspecified atom stereocenters. The number of primary amides is 1. The van der Waals surface area contributed by atoms with Gasteiger partial charge in [-0.05, 0) is 50.1 Å². The SMILES string of the molecule is COCC12CNCCC1(c1ccc(N/C(C)=C3/C=CC=C(C(N)=O)C3=N)cc1)C2. The predicted octanol–water partition coefficient (Wildman–Crippen LogP) is 2.64. The number of nitrogens with two attached hydrogens (primary N) is 1. The van der Waals surface area contributed by atoms with Gasteiger partial charge in [0.25, 0.3) is 5.91 Å². The minimum Gasteiger partial charge on any atom is -0.384 e. The molecule has 1 amide bonds. The lowest BCUT2D eigenvalue weighted by molar-refractivity contribution is -0.114. The van der Waals surface area contributed by atoms with Gasteiger partial charge in [0.2, 0.25) is 0 Å². The first-order valence-electron chi connectivity index (χ1n) is 9.98. The van der Waals surface area contributed by atoms with Crippen LogP contribution >= 0.6 is 0 Å². The van der Waals surface area contributed by atoms with Crippen molar-refractivity contribution in [3.63, 3.8) is 0 Å². The summed E-state index contributed by atoms with van der Waals surface area (Å²) in [5.41, 5.74) is 9.99. The maximum Gasteiger partial charge on any atom is 0.250 e. The highest BCUT2D eigenvalue weighted by atomic mass is 16.5. The van der Waals surface area contributed by atoms with Crippen molar-refractivity contribution in [3.05, 3.63) is 64.9 Å². The molecule has 6 heteroatoms. The first kappa shape index (κ1) is 19.6. The molecule has 29 heavy (non-hydrogen) atoms. The summed E-state index contributed by atoms with van der Waals surface area (Å²) in [7, 11) is 1.78. The van der Waals surface area contributed by atoms with E-state index >= 15 is 0 Å². The molecule has 0 radical (unpaired) electrons. The largest absolute Gasteiger partial charge is 0.384 e. The van der Waals surface area contributed by atoms with E-state index in [1.54, 1.807) is 19.3 Å². The van der Waals surface area contributed by atoms with Crippen molar-refractivity contribution in [2.75, 3.05) is 32.1 Å². The summed E-state index contributed by atoms with van der Waals surface area (Å²) >= 11 is 0. The molecule has 0 bridgehead atoms. The molecular formula is C23H28N4O2. The van der Waals surface area contributed by atoms with Crippen LogP contribution < -0.4 is 16.4 Å². The molecule has 3 aliphatic rings. The lowest BCUT2D eigenvalue weighted by atomic mass is 9.81. The molecule has 2 aliphatic carbocycles. The highest BCUT2D eigenvalue weighted by Gasteiger charge is 2.68. The van der Waals surface area contributed by atoms with E-state index in [9.17, 15) is 4.79 Å². The van der Waals surface area contributed by atoms with Crippen LogP contribution in [0.1, 0.15) is 25.3 Å². The van der Waals surface area contributed by atoms with Crippen molar-refractivity contribution in [2.24, 2.45) is 11.1 Å². The Hall–Kier alpha value is -2.70. The molecule has 152 valence electrons. The van der Waals surface area contributed by atoms with Gasteiger partial charge in [-0.1, -0.05) is 24.3 Å². The fourth-order valence-corrected chi connectivity index (χ4v) is 5.04. The zero-order valence-corrected chi connectivity index (χ0v) is 17.0. The number of anilines is 1. The second-order valence-corrected chi connectivity index (χ2v) is 8.32. The number of piperidine rings is 1. The molecule has 1 aromatic rings. The highest BCUT2D eigenvalue weighted by molar-refractivity contribution is 6.28. The Kier molecular flexibility index (Phi) is 4.92. The first-order chi connectivity index (χ1) is 13.9. The van der Waals surface area contributed by atoms with Gasteiger partial charge in [-0.25, -0.2) is 0 Å². The van der Waals surface area contributed by atoms with Crippen LogP contribution in [-0.4, -0.2) is 38.4 Å². The Bertz CT molecular complexity index is 940. The van der Waals surface area contributed by atoms with Gasteiger partial charge in [0, 0.05) is 41.4 Å². The topological polar surface area (TPSA) is 100 Å². The normalized spacial score (nSPS) is 29.7. The van der Waals surface area contributed by atoms with Crippen LogP contribution in [0.15, 0.2) is 59.3 Å². The quantitative estimate of drug-likeness (QED) is 0.598. The van der Waals surface area contributed by atoms with Crippen molar-refractivity contribution in [3.8, 4) is 0 Å². The zero-order chi connectivity index (χ0) is 20.6. The fraction of sp³-hybridized carbons (Fsp3) is 0.391. The summed E-state index contributed by atoms with van der Waals surface area (Å²) in [6.07, 6.45) is 7.46. The number of fused-ring (bicyclic) bond motifs is 1. The molecule has 1 saturated heterocycles. The molecule has 4 rings (SSSR count). The Morgan fingerprint density at radius 2 is 2.10 bits per heavy atom.